The van der Waals surface area contributed by atoms with Gasteiger partial charge < -0.3 is 0 Å². The van der Waals surface area contributed by atoms with Crippen molar-refractivity contribution in [2.75, 3.05) is 0 Å². The Bertz CT molecular complexity index is 385. The van der Waals surface area contributed by atoms with Crippen molar-refractivity contribution < 1.29 is 18.0 Å². The van der Waals surface area contributed by atoms with E-state index in [0.29, 0.717) is 11.1 Å². The lowest BCUT2D eigenvalue weighted by Gasteiger charge is -2.07. The summed E-state index contributed by atoms with van der Waals surface area (Å²) in [6, 6.07) is 4.99. The molecule has 0 aromatic heterocycles. The molecule has 0 saturated heterocycles. The van der Waals surface area contributed by atoms with E-state index in [1.165, 1.54) is 0 Å². The number of hydrogen-bond donors (Lipinski definition) is 0. The molecule has 0 heterocycles. The Kier molecular flexibility index (Phi) is 3.75. The maximum absolute atomic E-state index is 12.0. The highest BCUT2D eigenvalue weighted by Crippen LogP contribution is 2.21. The topological polar surface area (TPSA) is 17.1 Å². The number of aryl methyl sites for hydroxylation is 1. The van der Waals surface area contributed by atoms with Crippen molar-refractivity contribution in [2.45, 2.75) is 19.5 Å². The molecule has 0 aliphatic carbocycles. The van der Waals surface area contributed by atoms with E-state index in [1.807, 2.05) is 0 Å². The van der Waals surface area contributed by atoms with Gasteiger partial charge in [0.15, 0.2) is 0 Å². The lowest BCUT2D eigenvalue weighted by molar-refractivity contribution is -0.170. The third-order valence-corrected chi connectivity index (χ3v) is 2.64. The van der Waals surface area contributed by atoms with Crippen molar-refractivity contribution in [3.05, 3.63) is 32.9 Å². The van der Waals surface area contributed by atoms with E-state index < -0.39 is 18.4 Å². The van der Waals surface area contributed by atoms with Crippen LogP contribution < -0.4 is 0 Å². The van der Waals surface area contributed by atoms with Gasteiger partial charge in [-0.3, -0.25) is 4.79 Å². The summed E-state index contributed by atoms with van der Waals surface area (Å²) in [5, 5.41) is 0. The number of rotatable bonds is 2. The second-order valence-electron chi connectivity index (χ2n) is 3.17. The summed E-state index contributed by atoms with van der Waals surface area (Å²) in [6.45, 7) is 1.70. The number of benzene rings is 1. The number of hydrogen-bond acceptors (Lipinski definition) is 1. The zero-order valence-corrected chi connectivity index (χ0v) is 10.0. The number of carbonyl (C=O) groups is 1. The molecule has 0 bridgehead atoms. The van der Waals surface area contributed by atoms with Crippen LogP contribution in [0.15, 0.2) is 18.2 Å². The average Bonchev–Trinajstić information content (AvgIpc) is 2.08. The largest absolute Gasteiger partial charge is 0.450 e. The molecule has 0 fully saturated rings. The molecule has 0 atom stereocenters. The molecule has 0 spiro atoms. The monoisotopic (exact) mass is 328 g/mol. The van der Waals surface area contributed by atoms with Gasteiger partial charge in [0.2, 0.25) is 5.78 Å². The smallest absolute Gasteiger partial charge is 0.289 e. The Morgan fingerprint density at radius 3 is 2.47 bits per heavy atom. The van der Waals surface area contributed by atoms with E-state index in [0.717, 1.165) is 3.57 Å². The Morgan fingerprint density at radius 2 is 2.00 bits per heavy atom. The van der Waals surface area contributed by atoms with Crippen molar-refractivity contribution in [3.8, 4) is 0 Å². The second kappa shape index (κ2) is 4.51. The van der Waals surface area contributed by atoms with Gasteiger partial charge in [-0.25, -0.2) is 0 Å². The molecule has 5 heteroatoms. The first-order valence-corrected chi connectivity index (χ1v) is 5.23. The van der Waals surface area contributed by atoms with Crippen LogP contribution in [0.5, 0.6) is 0 Å². The molecule has 82 valence electrons. The minimum atomic E-state index is -4.74. The molecule has 0 saturated carbocycles. The second-order valence-corrected chi connectivity index (χ2v) is 4.41. The summed E-state index contributed by atoms with van der Waals surface area (Å²) in [4.78, 5) is 10.7. The van der Waals surface area contributed by atoms with Gasteiger partial charge in [-0.15, -0.1) is 0 Å². The first-order valence-electron chi connectivity index (χ1n) is 4.16. The van der Waals surface area contributed by atoms with Gasteiger partial charge in [-0.1, -0.05) is 6.07 Å². The van der Waals surface area contributed by atoms with Crippen LogP contribution in [-0.4, -0.2) is 12.0 Å². The molecule has 1 nitrogen and oxygen atoms in total. The predicted octanol–water partition coefficient (Wildman–Crippen LogP) is 3.27. The van der Waals surface area contributed by atoms with Crippen LogP contribution in [0.2, 0.25) is 0 Å². The molecule has 15 heavy (non-hydrogen) atoms. The van der Waals surface area contributed by atoms with Crippen LogP contribution in [0.3, 0.4) is 0 Å². The van der Waals surface area contributed by atoms with Crippen LogP contribution in [-0.2, 0) is 11.2 Å². The number of alkyl halides is 3. The lowest BCUT2D eigenvalue weighted by atomic mass is 10.0. The third kappa shape index (κ3) is 3.48. The zero-order valence-electron chi connectivity index (χ0n) is 7.86. The zero-order chi connectivity index (χ0) is 11.6. The van der Waals surface area contributed by atoms with Gasteiger partial charge in [0.25, 0.3) is 0 Å². The quantitative estimate of drug-likeness (QED) is 0.762. The molecule has 0 radical (unpaired) electrons. The van der Waals surface area contributed by atoms with E-state index in [2.05, 4.69) is 22.6 Å². The standard InChI is InChI=1S/C10H8F3IO/c1-6-4-8(14)3-2-7(6)5-9(15)10(11,12)13/h2-4H,5H2,1H3. The van der Waals surface area contributed by atoms with Crippen LogP contribution in [0.1, 0.15) is 11.1 Å². The summed E-state index contributed by atoms with van der Waals surface area (Å²) < 4.78 is 36.9. The highest BCUT2D eigenvalue weighted by molar-refractivity contribution is 14.1. The normalized spacial score (nSPS) is 11.5. The van der Waals surface area contributed by atoms with Gasteiger partial charge in [0.05, 0.1) is 0 Å². The van der Waals surface area contributed by atoms with E-state index in [-0.39, 0.29) is 0 Å². The minimum absolute atomic E-state index is 0.428. The molecule has 0 amide bonds. The molecule has 0 N–H and O–H groups in total. The fraction of sp³-hybridized carbons (Fsp3) is 0.300. The number of carbonyl (C=O) groups excluding carboxylic acids is 1. The number of ketones is 1. The molecule has 0 aliphatic rings. The molecule has 1 aromatic carbocycles. The van der Waals surface area contributed by atoms with E-state index in [1.54, 1.807) is 25.1 Å². The Balaban J connectivity index is 2.87. The molecule has 0 unspecified atom stereocenters. The van der Waals surface area contributed by atoms with Crippen molar-refractivity contribution >= 4 is 28.4 Å². The maximum Gasteiger partial charge on any atom is 0.450 e. The van der Waals surface area contributed by atoms with Gasteiger partial charge in [0.1, 0.15) is 0 Å². The fourth-order valence-corrected chi connectivity index (χ4v) is 1.78. The number of halogens is 4. The van der Waals surface area contributed by atoms with E-state index >= 15 is 0 Å². The maximum atomic E-state index is 12.0. The van der Waals surface area contributed by atoms with Crippen molar-refractivity contribution in [3.63, 3.8) is 0 Å². The first kappa shape index (κ1) is 12.5. The highest BCUT2D eigenvalue weighted by Gasteiger charge is 2.37. The van der Waals surface area contributed by atoms with Crippen molar-refractivity contribution in [2.24, 2.45) is 0 Å². The molecule has 1 aromatic rings. The summed E-state index contributed by atoms with van der Waals surface area (Å²) in [6.07, 6.45) is -5.32. The van der Waals surface area contributed by atoms with Crippen LogP contribution in [0.25, 0.3) is 0 Å². The summed E-state index contributed by atoms with van der Waals surface area (Å²) >= 11 is 2.06. The van der Waals surface area contributed by atoms with Gasteiger partial charge in [0, 0.05) is 9.99 Å². The third-order valence-electron chi connectivity index (χ3n) is 1.97. The Hall–Kier alpha value is -0.590. The van der Waals surface area contributed by atoms with Crippen molar-refractivity contribution in [1.82, 2.24) is 0 Å². The Morgan fingerprint density at radius 1 is 1.40 bits per heavy atom. The van der Waals surface area contributed by atoms with Crippen LogP contribution in [0, 0.1) is 10.5 Å². The minimum Gasteiger partial charge on any atom is -0.289 e. The van der Waals surface area contributed by atoms with Gasteiger partial charge in [-0.05, 0) is 52.8 Å². The molecular formula is C10H8F3IO. The van der Waals surface area contributed by atoms with Crippen LogP contribution in [0.4, 0.5) is 13.2 Å². The molecule has 0 aliphatic heterocycles. The van der Waals surface area contributed by atoms with E-state index in [9.17, 15) is 18.0 Å². The summed E-state index contributed by atoms with van der Waals surface area (Å²) in [5.74, 6) is -1.70. The summed E-state index contributed by atoms with van der Waals surface area (Å²) in [7, 11) is 0. The van der Waals surface area contributed by atoms with Gasteiger partial charge >= 0.3 is 6.18 Å². The van der Waals surface area contributed by atoms with Crippen molar-refractivity contribution in [1.29, 1.82) is 0 Å². The van der Waals surface area contributed by atoms with E-state index in [4.69, 9.17) is 0 Å². The molecule has 1 rings (SSSR count). The fourth-order valence-electron chi connectivity index (χ4n) is 1.13. The molecular weight excluding hydrogens is 320 g/mol. The highest BCUT2D eigenvalue weighted by atomic mass is 127. The number of Topliss-reactive ketones (excluding diaryl/α,β-unsaturated/α-hetero) is 1. The first-order chi connectivity index (χ1) is 6.80. The lowest BCUT2D eigenvalue weighted by Crippen LogP contribution is -2.24. The SMILES string of the molecule is Cc1cc(I)ccc1CC(=O)C(F)(F)F. The van der Waals surface area contributed by atoms with Gasteiger partial charge in [-0.2, -0.15) is 13.2 Å². The Labute approximate surface area is 98.8 Å². The van der Waals surface area contributed by atoms with Crippen LogP contribution >= 0.6 is 22.6 Å². The summed E-state index contributed by atoms with van der Waals surface area (Å²) in [5.41, 5.74) is 1.14. The predicted molar refractivity (Wildman–Crippen MR) is 58.7 cm³/mol. The average molecular weight is 328 g/mol.